The third-order valence-electron chi connectivity index (χ3n) is 3.36. The highest BCUT2D eigenvalue weighted by Gasteiger charge is 2.07. The van der Waals surface area contributed by atoms with Gasteiger partial charge in [-0.1, -0.05) is 6.07 Å². The van der Waals surface area contributed by atoms with Gasteiger partial charge in [-0.05, 0) is 49.6 Å². The maximum absolute atomic E-state index is 12.0. The van der Waals surface area contributed by atoms with Crippen LogP contribution < -0.4 is 16.0 Å². The van der Waals surface area contributed by atoms with Crippen molar-refractivity contribution in [2.24, 2.45) is 0 Å². The lowest BCUT2D eigenvalue weighted by molar-refractivity contribution is 0.103. The van der Waals surface area contributed by atoms with Gasteiger partial charge in [0.05, 0.1) is 4.88 Å². The second-order valence-corrected chi connectivity index (χ2v) is 6.30. The molecule has 6 nitrogen and oxygen atoms in total. The van der Waals surface area contributed by atoms with E-state index in [1.807, 2.05) is 55.6 Å². The number of thiophene rings is 1. The predicted octanol–water partition coefficient (Wildman–Crippen LogP) is 4.27. The summed E-state index contributed by atoms with van der Waals surface area (Å²) in [5.41, 5.74) is 1.63. The molecule has 2 aromatic heterocycles. The number of nitrogens with zero attached hydrogens (tertiary/aromatic N) is 2. The molecule has 128 valence electrons. The number of carbonyl (C=O) groups is 1. The fourth-order valence-corrected chi connectivity index (χ4v) is 2.91. The molecular formula is C18H19N5OS. The molecule has 0 saturated carbocycles. The molecule has 3 N–H and O–H groups in total. The average molecular weight is 353 g/mol. The van der Waals surface area contributed by atoms with Crippen molar-refractivity contribution in [2.75, 3.05) is 22.5 Å². The molecule has 0 saturated heterocycles. The largest absolute Gasteiger partial charge is 0.370 e. The van der Waals surface area contributed by atoms with Crippen molar-refractivity contribution in [3.8, 4) is 0 Å². The Bertz CT molecular complexity index is 846. The van der Waals surface area contributed by atoms with Crippen LogP contribution in [0.1, 0.15) is 22.4 Å². The number of carbonyl (C=O) groups excluding carboxylic acids is 1. The van der Waals surface area contributed by atoms with Crippen LogP contribution in [0, 0.1) is 6.92 Å². The SMILES string of the molecule is CCNc1cc(Nc2ccc(NC(=O)c3cccs3)cc2)nc(C)n1. The van der Waals surface area contributed by atoms with Gasteiger partial charge in [-0.3, -0.25) is 4.79 Å². The van der Waals surface area contributed by atoms with Crippen LogP contribution in [0.15, 0.2) is 47.8 Å². The lowest BCUT2D eigenvalue weighted by atomic mass is 10.2. The molecule has 2 heterocycles. The smallest absolute Gasteiger partial charge is 0.265 e. The van der Waals surface area contributed by atoms with Gasteiger partial charge >= 0.3 is 0 Å². The van der Waals surface area contributed by atoms with E-state index in [-0.39, 0.29) is 5.91 Å². The number of hydrogen-bond acceptors (Lipinski definition) is 6. The monoisotopic (exact) mass is 353 g/mol. The van der Waals surface area contributed by atoms with Crippen molar-refractivity contribution in [1.82, 2.24) is 9.97 Å². The molecular weight excluding hydrogens is 334 g/mol. The number of anilines is 4. The highest BCUT2D eigenvalue weighted by Crippen LogP contribution is 2.20. The van der Waals surface area contributed by atoms with Crippen LogP contribution in [-0.2, 0) is 0 Å². The van der Waals surface area contributed by atoms with Crippen molar-refractivity contribution >= 4 is 40.3 Å². The molecule has 0 aliphatic rings. The Kier molecular flexibility index (Phi) is 5.25. The van der Waals surface area contributed by atoms with Crippen molar-refractivity contribution in [1.29, 1.82) is 0 Å². The first-order valence-electron chi connectivity index (χ1n) is 7.95. The molecule has 0 aliphatic heterocycles. The summed E-state index contributed by atoms with van der Waals surface area (Å²) in [5.74, 6) is 2.11. The molecule has 0 unspecified atom stereocenters. The first-order chi connectivity index (χ1) is 12.1. The maximum Gasteiger partial charge on any atom is 0.265 e. The van der Waals surface area contributed by atoms with Gasteiger partial charge in [0.25, 0.3) is 5.91 Å². The molecule has 0 bridgehead atoms. The lowest BCUT2D eigenvalue weighted by Crippen LogP contribution is -2.09. The number of hydrogen-bond donors (Lipinski definition) is 3. The second-order valence-electron chi connectivity index (χ2n) is 5.35. The summed E-state index contributed by atoms with van der Waals surface area (Å²) in [5, 5.41) is 11.2. The van der Waals surface area contributed by atoms with Gasteiger partial charge in [-0.25, -0.2) is 9.97 Å². The van der Waals surface area contributed by atoms with Gasteiger partial charge in [-0.15, -0.1) is 11.3 Å². The molecule has 25 heavy (non-hydrogen) atoms. The average Bonchev–Trinajstić information content (AvgIpc) is 3.11. The standard InChI is InChI=1S/C18H19N5OS/c1-3-19-16-11-17(21-12(2)20-16)22-13-6-8-14(9-7-13)23-18(24)15-5-4-10-25-15/h4-11H,3H2,1-2H3,(H,23,24)(H2,19,20,21,22). The Balaban J connectivity index is 1.67. The van der Waals surface area contributed by atoms with Gasteiger partial charge in [0, 0.05) is 24.0 Å². The first-order valence-corrected chi connectivity index (χ1v) is 8.83. The first kappa shape index (κ1) is 16.9. The molecule has 0 spiro atoms. The summed E-state index contributed by atoms with van der Waals surface area (Å²) in [6.07, 6.45) is 0. The number of aromatic nitrogens is 2. The van der Waals surface area contributed by atoms with Crippen LogP contribution >= 0.6 is 11.3 Å². The van der Waals surface area contributed by atoms with E-state index in [1.165, 1.54) is 11.3 Å². The van der Waals surface area contributed by atoms with Gasteiger partial charge in [-0.2, -0.15) is 0 Å². The third kappa shape index (κ3) is 4.54. The zero-order valence-electron chi connectivity index (χ0n) is 14.0. The Morgan fingerprint density at radius 3 is 2.48 bits per heavy atom. The predicted molar refractivity (Wildman–Crippen MR) is 103 cm³/mol. The van der Waals surface area contributed by atoms with E-state index in [0.29, 0.717) is 10.7 Å². The van der Waals surface area contributed by atoms with E-state index in [2.05, 4.69) is 25.9 Å². The summed E-state index contributed by atoms with van der Waals surface area (Å²) in [6, 6.07) is 13.0. The summed E-state index contributed by atoms with van der Waals surface area (Å²) in [6.45, 7) is 4.68. The van der Waals surface area contributed by atoms with Gasteiger partial charge in [0.2, 0.25) is 0 Å². The Morgan fingerprint density at radius 1 is 1.08 bits per heavy atom. The summed E-state index contributed by atoms with van der Waals surface area (Å²) in [7, 11) is 0. The summed E-state index contributed by atoms with van der Waals surface area (Å²) in [4.78, 5) is 21.4. The van der Waals surface area contributed by atoms with E-state index in [0.717, 1.165) is 29.6 Å². The molecule has 7 heteroatoms. The van der Waals surface area contributed by atoms with Gasteiger partial charge in [0.15, 0.2) is 0 Å². The summed E-state index contributed by atoms with van der Waals surface area (Å²) >= 11 is 1.42. The second kappa shape index (κ2) is 7.76. The molecule has 3 rings (SSSR count). The third-order valence-corrected chi connectivity index (χ3v) is 4.22. The van der Waals surface area contributed by atoms with Crippen LogP contribution in [-0.4, -0.2) is 22.4 Å². The molecule has 0 aliphatic carbocycles. The van der Waals surface area contributed by atoms with Crippen LogP contribution in [0.3, 0.4) is 0 Å². The normalized spacial score (nSPS) is 10.3. The molecule has 0 fully saturated rings. The minimum atomic E-state index is -0.0996. The fraction of sp³-hybridized carbons (Fsp3) is 0.167. The number of nitrogens with one attached hydrogen (secondary N) is 3. The maximum atomic E-state index is 12.0. The van der Waals surface area contributed by atoms with E-state index in [9.17, 15) is 4.79 Å². The van der Waals surface area contributed by atoms with Crippen LogP contribution in [0.25, 0.3) is 0 Å². The molecule has 0 radical (unpaired) electrons. The lowest BCUT2D eigenvalue weighted by Gasteiger charge is -2.10. The van der Waals surface area contributed by atoms with Gasteiger partial charge in [0.1, 0.15) is 17.5 Å². The zero-order chi connectivity index (χ0) is 17.6. The number of aryl methyl sites for hydroxylation is 1. The minimum absolute atomic E-state index is 0.0996. The van der Waals surface area contributed by atoms with Crippen LogP contribution in [0.4, 0.5) is 23.0 Å². The highest BCUT2D eigenvalue weighted by atomic mass is 32.1. The van der Waals surface area contributed by atoms with E-state index in [4.69, 9.17) is 0 Å². The molecule has 1 aromatic carbocycles. The van der Waals surface area contributed by atoms with Crippen LogP contribution in [0.2, 0.25) is 0 Å². The van der Waals surface area contributed by atoms with Gasteiger partial charge < -0.3 is 16.0 Å². The summed E-state index contributed by atoms with van der Waals surface area (Å²) < 4.78 is 0. The van der Waals surface area contributed by atoms with Crippen molar-refractivity contribution in [3.05, 3.63) is 58.5 Å². The Labute approximate surface area is 150 Å². The number of benzene rings is 1. The Morgan fingerprint density at radius 2 is 1.80 bits per heavy atom. The highest BCUT2D eigenvalue weighted by molar-refractivity contribution is 7.12. The van der Waals surface area contributed by atoms with E-state index >= 15 is 0 Å². The van der Waals surface area contributed by atoms with E-state index in [1.54, 1.807) is 6.07 Å². The molecule has 1 amide bonds. The molecule has 3 aromatic rings. The van der Waals surface area contributed by atoms with Crippen LogP contribution in [0.5, 0.6) is 0 Å². The topological polar surface area (TPSA) is 78.9 Å². The fourth-order valence-electron chi connectivity index (χ4n) is 2.29. The number of rotatable bonds is 6. The minimum Gasteiger partial charge on any atom is -0.370 e. The zero-order valence-corrected chi connectivity index (χ0v) is 14.9. The van der Waals surface area contributed by atoms with Crippen molar-refractivity contribution < 1.29 is 4.79 Å². The van der Waals surface area contributed by atoms with Crippen molar-refractivity contribution in [3.63, 3.8) is 0 Å². The van der Waals surface area contributed by atoms with E-state index < -0.39 is 0 Å². The quantitative estimate of drug-likeness (QED) is 0.617. The molecule has 0 atom stereocenters. The van der Waals surface area contributed by atoms with Crippen molar-refractivity contribution in [2.45, 2.75) is 13.8 Å². The Hall–Kier alpha value is -2.93. The number of amides is 1.